The van der Waals surface area contributed by atoms with Crippen molar-refractivity contribution in [3.05, 3.63) is 35.0 Å². The maximum Gasteiger partial charge on any atom is 0.203 e. The van der Waals surface area contributed by atoms with Crippen LogP contribution in [-0.2, 0) is 0 Å². The molecule has 0 spiro atoms. The van der Waals surface area contributed by atoms with E-state index in [1.165, 1.54) is 0 Å². The third-order valence-corrected chi connectivity index (χ3v) is 6.12. The van der Waals surface area contributed by atoms with Crippen molar-refractivity contribution in [1.29, 1.82) is 0 Å². The highest BCUT2D eigenvalue weighted by Crippen LogP contribution is 2.38. The van der Waals surface area contributed by atoms with Crippen LogP contribution in [0, 0.1) is 0 Å². The molecule has 158 valence electrons. The Bertz CT molecular complexity index is 1030. The van der Waals surface area contributed by atoms with Crippen LogP contribution in [-0.4, -0.2) is 69.4 Å². The summed E-state index contributed by atoms with van der Waals surface area (Å²) in [6.07, 6.45) is 3.89. The van der Waals surface area contributed by atoms with Gasteiger partial charge in [0.2, 0.25) is 5.75 Å². The summed E-state index contributed by atoms with van der Waals surface area (Å²) in [5.41, 5.74) is 1.90. The van der Waals surface area contributed by atoms with E-state index < -0.39 is 0 Å². The fourth-order valence-electron chi connectivity index (χ4n) is 3.54. The maximum absolute atomic E-state index is 5.45. The van der Waals surface area contributed by atoms with E-state index in [4.69, 9.17) is 24.2 Å². The minimum Gasteiger partial charge on any atom is -0.493 e. The van der Waals surface area contributed by atoms with Gasteiger partial charge in [0.05, 0.1) is 31.5 Å². The Morgan fingerprint density at radius 3 is 2.27 bits per heavy atom. The largest absolute Gasteiger partial charge is 0.493 e. The maximum atomic E-state index is 5.45. The molecule has 0 saturated carbocycles. The smallest absolute Gasteiger partial charge is 0.203 e. The van der Waals surface area contributed by atoms with E-state index in [9.17, 15) is 0 Å². The fourth-order valence-corrected chi connectivity index (χ4v) is 4.39. The Hall–Kier alpha value is -2.84. The third kappa shape index (κ3) is 4.06. The van der Waals surface area contributed by atoms with Gasteiger partial charge >= 0.3 is 0 Å². The minimum atomic E-state index is 0.574. The fraction of sp³-hybridized carbons (Fsp3) is 0.364. The zero-order chi connectivity index (χ0) is 21.1. The van der Waals surface area contributed by atoms with Crippen molar-refractivity contribution in [3.8, 4) is 17.2 Å². The van der Waals surface area contributed by atoms with Crippen LogP contribution in [0.25, 0.3) is 22.4 Å². The van der Waals surface area contributed by atoms with Gasteiger partial charge in [0.1, 0.15) is 0 Å². The van der Waals surface area contributed by atoms with Crippen molar-refractivity contribution >= 4 is 39.5 Å². The van der Waals surface area contributed by atoms with E-state index in [-0.39, 0.29) is 0 Å². The summed E-state index contributed by atoms with van der Waals surface area (Å²) in [7, 11) is 6.98. The molecule has 1 fully saturated rings. The van der Waals surface area contributed by atoms with Gasteiger partial charge in [0.25, 0.3) is 0 Å². The Kier molecular flexibility index (Phi) is 6.06. The first-order valence-corrected chi connectivity index (χ1v) is 10.7. The minimum absolute atomic E-state index is 0.574. The standard InChI is InChI=1S/C22H26N4O3S/c1-25-8-10-26(11-9-25)22-21-16(7-12-30-21)23-19(24-22)6-5-15-13-17(27-2)20(29-4)18(14-15)28-3/h5-7,12-14H,8-11H2,1-4H3/b6-5+. The number of aromatic nitrogens is 2. The number of hydrogen-bond donors (Lipinski definition) is 0. The molecule has 7 nitrogen and oxygen atoms in total. The first-order chi connectivity index (χ1) is 14.6. The number of likely N-dealkylation sites (N-methyl/N-ethyl adjacent to an activating group) is 1. The number of hydrogen-bond acceptors (Lipinski definition) is 8. The first-order valence-electron chi connectivity index (χ1n) is 9.79. The van der Waals surface area contributed by atoms with E-state index in [0.717, 1.165) is 47.8 Å². The summed E-state index contributed by atoms with van der Waals surface area (Å²) in [5.74, 6) is 3.51. The van der Waals surface area contributed by atoms with Gasteiger partial charge < -0.3 is 24.0 Å². The molecule has 1 aromatic carbocycles. The van der Waals surface area contributed by atoms with Gasteiger partial charge in [-0.1, -0.05) is 6.08 Å². The molecule has 0 N–H and O–H groups in total. The van der Waals surface area contributed by atoms with Gasteiger partial charge in [-0.3, -0.25) is 0 Å². The number of ether oxygens (including phenoxy) is 3. The lowest BCUT2D eigenvalue weighted by atomic mass is 10.1. The van der Waals surface area contributed by atoms with Crippen LogP contribution in [0.1, 0.15) is 11.4 Å². The van der Waals surface area contributed by atoms with Gasteiger partial charge in [0.15, 0.2) is 23.1 Å². The van der Waals surface area contributed by atoms with Crippen LogP contribution < -0.4 is 19.1 Å². The number of piperazine rings is 1. The van der Waals surface area contributed by atoms with Gasteiger partial charge in [-0.15, -0.1) is 11.3 Å². The summed E-state index contributed by atoms with van der Waals surface area (Å²) < 4.78 is 17.4. The quantitative estimate of drug-likeness (QED) is 0.596. The van der Waals surface area contributed by atoms with Crippen LogP contribution in [0.5, 0.6) is 17.2 Å². The molecule has 30 heavy (non-hydrogen) atoms. The SMILES string of the molecule is COc1cc(/C=C/c2nc(N3CCN(C)CC3)c3sccc3n2)cc(OC)c1OC. The number of benzene rings is 1. The Balaban J connectivity index is 1.68. The molecule has 0 bridgehead atoms. The highest BCUT2D eigenvalue weighted by atomic mass is 32.1. The molecule has 1 aliphatic heterocycles. The van der Waals surface area contributed by atoms with Gasteiger partial charge in [-0.05, 0) is 42.3 Å². The third-order valence-electron chi connectivity index (χ3n) is 5.22. The predicted octanol–water partition coefficient (Wildman–Crippen LogP) is 3.64. The second-order valence-electron chi connectivity index (χ2n) is 7.12. The van der Waals surface area contributed by atoms with E-state index >= 15 is 0 Å². The van der Waals surface area contributed by atoms with Crippen molar-refractivity contribution in [2.75, 3.05) is 59.5 Å². The molecule has 0 unspecified atom stereocenters. The average molecular weight is 427 g/mol. The monoisotopic (exact) mass is 426 g/mol. The van der Waals surface area contributed by atoms with Crippen LogP contribution in [0.2, 0.25) is 0 Å². The second-order valence-corrected chi connectivity index (χ2v) is 8.04. The molecule has 0 atom stereocenters. The second kappa shape index (κ2) is 8.89. The Labute approximate surface area is 180 Å². The normalized spacial score (nSPS) is 15.1. The zero-order valence-corrected chi connectivity index (χ0v) is 18.5. The summed E-state index contributed by atoms with van der Waals surface area (Å²) in [6.45, 7) is 4.01. The molecule has 8 heteroatoms. The van der Waals surface area contributed by atoms with E-state index in [0.29, 0.717) is 23.1 Å². The first kappa shape index (κ1) is 20.4. The van der Waals surface area contributed by atoms with Crippen molar-refractivity contribution in [1.82, 2.24) is 14.9 Å². The van der Waals surface area contributed by atoms with E-state index in [2.05, 4.69) is 28.3 Å². The molecule has 3 heterocycles. The Morgan fingerprint density at radius 2 is 1.63 bits per heavy atom. The number of rotatable bonds is 6. The molecular formula is C22H26N4O3S. The summed E-state index contributed by atoms with van der Waals surface area (Å²) in [4.78, 5) is 14.3. The number of fused-ring (bicyclic) bond motifs is 1. The predicted molar refractivity (Wildman–Crippen MR) is 122 cm³/mol. The lowest BCUT2D eigenvalue weighted by Crippen LogP contribution is -2.44. The van der Waals surface area contributed by atoms with Crippen molar-refractivity contribution in [3.63, 3.8) is 0 Å². The topological polar surface area (TPSA) is 60.0 Å². The summed E-state index contributed by atoms with van der Waals surface area (Å²) >= 11 is 1.69. The van der Waals surface area contributed by atoms with E-state index in [1.807, 2.05) is 24.3 Å². The molecule has 0 amide bonds. The van der Waals surface area contributed by atoms with Crippen molar-refractivity contribution in [2.24, 2.45) is 0 Å². The molecule has 4 rings (SSSR count). The van der Waals surface area contributed by atoms with Crippen LogP contribution in [0.4, 0.5) is 5.82 Å². The number of nitrogens with zero attached hydrogens (tertiary/aromatic N) is 4. The van der Waals surface area contributed by atoms with Crippen LogP contribution in [0.15, 0.2) is 23.6 Å². The molecule has 1 saturated heterocycles. The van der Waals surface area contributed by atoms with Crippen LogP contribution in [0.3, 0.4) is 0 Å². The average Bonchev–Trinajstić information content (AvgIpc) is 3.25. The highest BCUT2D eigenvalue weighted by molar-refractivity contribution is 7.17. The van der Waals surface area contributed by atoms with Crippen LogP contribution >= 0.6 is 11.3 Å². The molecule has 0 radical (unpaired) electrons. The number of methoxy groups -OCH3 is 3. The Morgan fingerprint density at radius 1 is 0.933 bits per heavy atom. The van der Waals surface area contributed by atoms with Crippen molar-refractivity contribution < 1.29 is 14.2 Å². The number of thiophene rings is 1. The lowest BCUT2D eigenvalue weighted by Gasteiger charge is -2.33. The van der Waals surface area contributed by atoms with Crippen molar-refractivity contribution in [2.45, 2.75) is 0 Å². The molecule has 3 aromatic rings. The molecule has 2 aromatic heterocycles. The summed E-state index contributed by atoms with van der Waals surface area (Å²) in [5, 5.41) is 2.08. The lowest BCUT2D eigenvalue weighted by molar-refractivity contribution is 0.312. The van der Waals surface area contributed by atoms with Gasteiger partial charge in [0, 0.05) is 26.2 Å². The number of anilines is 1. The molecular weight excluding hydrogens is 400 g/mol. The zero-order valence-electron chi connectivity index (χ0n) is 17.7. The highest BCUT2D eigenvalue weighted by Gasteiger charge is 2.19. The summed E-state index contributed by atoms with van der Waals surface area (Å²) in [6, 6.07) is 5.86. The van der Waals surface area contributed by atoms with E-state index in [1.54, 1.807) is 32.7 Å². The molecule has 0 aliphatic carbocycles. The van der Waals surface area contributed by atoms with Gasteiger partial charge in [-0.25, -0.2) is 9.97 Å². The van der Waals surface area contributed by atoms with Gasteiger partial charge in [-0.2, -0.15) is 0 Å². The molecule has 1 aliphatic rings.